The highest BCUT2D eigenvalue weighted by Gasteiger charge is 2.31. The Kier molecular flexibility index (Phi) is 7.38. The Labute approximate surface area is 199 Å². The van der Waals surface area contributed by atoms with Crippen molar-refractivity contribution in [1.82, 2.24) is 19.9 Å². The van der Waals surface area contributed by atoms with E-state index in [0.717, 1.165) is 11.1 Å². The summed E-state index contributed by atoms with van der Waals surface area (Å²) in [6.45, 7) is 3.09. The summed E-state index contributed by atoms with van der Waals surface area (Å²) in [7, 11) is 0. The smallest absolute Gasteiger partial charge is 0.406 e. The summed E-state index contributed by atoms with van der Waals surface area (Å²) in [5.41, 5.74) is 1.66. The van der Waals surface area contributed by atoms with Crippen LogP contribution in [0.15, 0.2) is 53.1 Å². The van der Waals surface area contributed by atoms with Crippen LogP contribution in [-0.2, 0) is 17.8 Å². The number of aromatic nitrogens is 2. The number of carbonyl (C=O) groups excluding carboxylic acids is 1. The van der Waals surface area contributed by atoms with Gasteiger partial charge in [0, 0.05) is 56.2 Å². The van der Waals surface area contributed by atoms with E-state index in [1.54, 1.807) is 41.3 Å². The fraction of sp³-hybridized carbons (Fsp3) is 0.348. The lowest BCUT2D eigenvalue weighted by molar-refractivity contribution is -0.274. The molecular weight excluding hydrogens is 473 g/mol. The second-order valence-electron chi connectivity index (χ2n) is 7.87. The standard InChI is InChI=1S/C23H22ClF3N4O3/c24-18-5-3-17(4-6-18)22-28-20(34-29-22)9-10-21(32)31-13-11-30(12-14-31)15-16-1-7-19(8-2-16)33-23(25,26)27/h1-8H,9-15H2. The third-order valence-electron chi connectivity index (χ3n) is 5.41. The summed E-state index contributed by atoms with van der Waals surface area (Å²) in [6, 6.07) is 12.9. The van der Waals surface area contributed by atoms with Crippen molar-refractivity contribution in [1.29, 1.82) is 0 Å². The maximum atomic E-state index is 12.6. The van der Waals surface area contributed by atoms with E-state index in [2.05, 4.69) is 19.8 Å². The van der Waals surface area contributed by atoms with Gasteiger partial charge in [-0.1, -0.05) is 28.9 Å². The molecule has 1 amide bonds. The van der Waals surface area contributed by atoms with E-state index in [9.17, 15) is 18.0 Å². The molecule has 0 aliphatic carbocycles. The van der Waals surface area contributed by atoms with Crippen LogP contribution in [0.2, 0.25) is 5.02 Å². The first-order valence-electron chi connectivity index (χ1n) is 10.7. The molecule has 0 spiro atoms. The second-order valence-corrected chi connectivity index (χ2v) is 8.30. The third kappa shape index (κ3) is 6.71. The second kappa shape index (κ2) is 10.4. The largest absolute Gasteiger partial charge is 0.573 e. The van der Waals surface area contributed by atoms with Crippen LogP contribution >= 0.6 is 11.6 Å². The Morgan fingerprint density at radius 1 is 1.03 bits per heavy atom. The van der Waals surface area contributed by atoms with Crippen molar-refractivity contribution in [3.8, 4) is 17.1 Å². The van der Waals surface area contributed by atoms with Crippen LogP contribution in [-0.4, -0.2) is 58.4 Å². The van der Waals surface area contributed by atoms with E-state index < -0.39 is 6.36 Å². The molecule has 1 saturated heterocycles. The van der Waals surface area contributed by atoms with E-state index in [1.807, 2.05) is 0 Å². The molecular formula is C23H22ClF3N4O3. The Morgan fingerprint density at radius 2 is 1.71 bits per heavy atom. The minimum atomic E-state index is -4.70. The zero-order valence-electron chi connectivity index (χ0n) is 18.1. The average molecular weight is 495 g/mol. The van der Waals surface area contributed by atoms with Crippen molar-refractivity contribution in [2.75, 3.05) is 26.2 Å². The molecule has 4 rings (SSSR count). The molecule has 3 aromatic rings. The SMILES string of the molecule is O=C(CCc1nc(-c2ccc(Cl)cc2)no1)N1CCN(Cc2ccc(OC(F)(F)F)cc2)CC1. The summed E-state index contributed by atoms with van der Waals surface area (Å²) in [5.74, 6) is 0.619. The summed E-state index contributed by atoms with van der Waals surface area (Å²) < 4.78 is 46.0. The molecule has 0 saturated carbocycles. The molecule has 0 radical (unpaired) electrons. The summed E-state index contributed by atoms with van der Waals surface area (Å²) in [5, 5.41) is 4.57. The van der Waals surface area contributed by atoms with E-state index in [-0.39, 0.29) is 18.1 Å². The molecule has 0 atom stereocenters. The first kappa shape index (κ1) is 24.0. The van der Waals surface area contributed by atoms with Crippen LogP contribution in [0.4, 0.5) is 13.2 Å². The van der Waals surface area contributed by atoms with Gasteiger partial charge in [-0.05, 0) is 42.0 Å². The first-order chi connectivity index (χ1) is 16.2. The van der Waals surface area contributed by atoms with Gasteiger partial charge in [0.15, 0.2) is 0 Å². The normalized spacial score (nSPS) is 14.9. The number of amides is 1. The van der Waals surface area contributed by atoms with Crippen molar-refractivity contribution in [2.24, 2.45) is 0 Å². The van der Waals surface area contributed by atoms with Gasteiger partial charge in [-0.2, -0.15) is 4.98 Å². The van der Waals surface area contributed by atoms with Crippen molar-refractivity contribution in [3.05, 3.63) is 65.0 Å². The fourth-order valence-electron chi connectivity index (χ4n) is 3.65. The quantitative estimate of drug-likeness (QED) is 0.479. The van der Waals surface area contributed by atoms with Gasteiger partial charge in [-0.15, -0.1) is 13.2 Å². The molecule has 1 aromatic heterocycles. The van der Waals surface area contributed by atoms with Crippen LogP contribution in [0, 0.1) is 0 Å². The number of ether oxygens (including phenoxy) is 1. The van der Waals surface area contributed by atoms with Crippen LogP contribution < -0.4 is 4.74 Å². The number of rotatable bonds is 7. The maximum Gasteiger partial charge on any atom is 0.573 e. The minimum Gasteiger partial charge on any atom is -0.406 e. The van der Waals surface area contributed by atoms with E-state index in [0.29, 0.717) is 55.9 Å². The average Bonchev–Trinajstić information content (AvgIpc) is 3.28. The Bertz CT molecular complexity index is 1100. The predicted octanol–water partition coefficient (Wildman–Crippen LogP) is 4.57. The van der Waals surface area contributed by atoms with E-state index in [4.69, 9.17) is 16.1 Å². The van der Waals surface area contributed by atoms with Gasteiger partial charge in [0.25, 0.3) is 0 Å². The number of alkyl halides is 3. The lowest BCUT2D eigenvalue weighted by Crippen LogP contribution is -2.48. The minimum absolute atomic E-state index is 0.0135. The van der Waals surface area contributed by atoms with Crippen LogP contribution in [0.1, 0.15) is 17.9 Å². The van der Waals surface area contributed by atoms with Gasteiger partial charge in [0.1, 0.15) is 5.75 Å². The number of aryl methyl sites for hydroxylation is 1. The van der Waals surface area contributed by atoms with Gasteiger partial charge in [-0.25, -0.2) is 0 Å². The lowest BCUT2D eigenvalue weighted by Gasteiger charge is -2.34. The number of benzene rings is 2. The predicted molar refractivity (Wildman–Crippen MR) is 118 cm³/mol. The molecule has 0 bridgehead atoms. The number of hydrogen-bond donors (Lipinski definition) is 0. The Balaban J connectivity index is 1.21. The molecule has 180 valence electrons. The molecule has 34 heavy (non-hydrogen) atoms. The van der Waals surface area contributed by atoms with Gasteiger partial charge < -0.3 is 14.2 Å². The zero-order valence-corrected chi connectivity index (χ0v) is 18.8. The monoisotopic (exact) mass is 494 g/mol. The summed E-state index contributed by atoms with van der Waals surface area (Å²) in [6.07, 6.45) is -4.08. The number of carbonyl (C=O) groups is 1. The third-order valence-corrected chi connectivity index (χ3v) is 5.66. The molecule has 1 fully saturated rings. The first-order valence-corrected chi connectivity index (χ1v) is 11.1. The highest BCUT2D eigenvalue weighted by molar-refractivity contribution is 6.30. The van der Waals surface area contributed by atoms with E-state index in [1.165, 1.54) is 12.1 Å². The van der Waals surface area contributed by atoms with Crippen LogP contribution in [0.5, 0.6) is 5.75 Å². The molecule has 2 aromatic carbocycles. The number of nitrogens with zero attached hydrogens (tertiary/aromatic N) is 4. The Hall–Kier alpha value is -3.11. The van der Waals surface area contributed by atoms with Crippen molar-refractivity contribution < 1.29 is 27.2 Å². The number of halogens is 4. The van der Waals surface area contributed by atoms with Crippen molar-refractivity contribution in [2.45, 2.75) is 25.7 Å². The van der Waals surface area contributed by atoms with Gasteiger partial charge in [0.2, 0.25) is 17.6 Å². The number of hydrogen-bond acceptors (Lipinski definition) is 6. The molecule has 1 aliphatic heterocycles. The van der Waals surface area contributed by atoms with Crippen LogP contribution in [0.25, 0.3) is 11.4 Å². The van der Waals surface area contributed by atoms with Crippen molar-refractivity contribution >= 4 is 17.5 Å². The van der Waals surface area contributed by atoms with Gasteiger partial charge in [0.05, 0.1) is 0 Å². The molecule has 2 heterocycles. The Morgan fingerprint density at radius 3 is 2.35 bits per heavy atom. The fourth-order valence-corrected chi connectivity index (χ4v) is 3.78. The lowest BCUT2D eigenvalue weighted by atomic mass is 10.2. The van der Waals surface area contributed by atoms with Gasteiger partial charge >= 0.3 is 6.36 Å². The zero-order chi connectivity index (χ0) is 24.1. The molecule has 0 N–H and O–H groups in total. The van der Waals surface area contributed by atoms with Crippen LogP contribution in [0.3, 0.4) is 0 Å². The molecule has 11 heteroatoms. The van der Waals surface area contributed by atoms with Gasteiger partial charge in [-0.3, -0.25) is 9.69 Å². The molecule has 0 unspecified atom stereocenters. The topological polar surface area (TPSA) is 71.7 Å². The maximum absolute atomic E-state index is 12.6. The molecule has 1 aliphatic rings. The highest BCUT2D eigenvalue weighted by Crippen LogP contribution is 2.23. The summed E-state index contributed by atoms with van der Waals surface area (Å²) >= 11 is 5.89. The highest BCUT2D eigenvalue weighted by atomic mass is 35.5. The summed E-state index contributed by atoms with van der Waals surface area (Å²) in [4.78, 5) is 20.9. The van der Waals surface area contributed by atoms with Crippen molar-refractivity contribution in [3.63, 3.8) is 0 Å². The van der Waals surface area contributed by atoms with E-state index >= 15 is 0 Å². The molecule has 7 nitrogen and oxygen atoms in total. The number of piperazine rings is 1.